The van der Waals surface area contributed by atoms with Crippen LogP contribution in [0.2, 0.25) is 5.02 Å². The van der Waals surface area contributed by atoms with Gasteiger partial charge >= 0.3 is 0 Å². The van der Waals surface area contributed by atoms with Gasteiger partial charge in [0, 0.05) is 5.02 Å². The zero-order valence-corrected chi connectivity index (χ0v) is 13.5. The van der Waals surface area contributed by atoms with Crippen LogP contribution >= 0.6 is 11.6 Å². The van der Waals surface area contributed by atoms with Crippen molar-refractivity contribution in [2.45, 2.75) is 13.8 Å². The molecule has 0 aliphatic rings. The fourth-order valence-electron chi connectivity index (χ4n) is 1.90. The molecule has 112 valence electrons. The summed E-state index contributed by atoms with van der Waals surface area (Å²) in [5, 5.41) is 9.99. The summed E-state index contributed by atoms with van der Waals surface area (Å²) in [6.07, 6.45) is 1.86. The van der Waals surface area contributed by atoms with E-state index in [9.17, 15) is 5.26 Å². The molecule has 0 amide bonds. The minimum Gasteiger partial charge on any atom is -0.493 e. The summed E-state index contributed by atoms with van der Waals surface area (Å²) in [6.45, 7) is 4.92. The van der Waals surface area contributed by atoms with Crippen molar-refractivity contribution >= 4 is 23.3 Å². The molecule has 0 saturated heterocycles. The van der Waals surface area contributed by atoms with Gasteiger partial charge < -0.3 is 4.74 Å². The molecule has 0 radical (unpaired) electrons. The Labute approximate surface area is 136 Å². The van der Waals surface area contributed by atoms with Crippen LogP contribution in [0, 0.1) is 17.2 Å². The van der Waals surface area contributed by atoms with E-state index in [1.165, 1.54) is 0 Å². The summed E-state index contributed by atoms with van der Waals surface area (Å²) in [4.78, 5) is 0. The van der Waals surface area contributed by atoms with Gasteiger partial charge in [0.2, 0.25) is 0 Å². The summed E-state index contributed by atoms with van der Waals surface area (Å²) in [6, 6.07) is 17.2. The molecule has 0 aliphatic carbocycles. The van der Waals surface area contributed by atoms with Gasteiger partial charge in [0.1, 0.15) is 5.75 Å². The van der Waals surface area contributed by atoms with E-state index in [2.05, 4.69) is 19.9 Å². The molecule has 0 N–H and O–H groups in total. The number of nitriles is 1. The zero-order valence-electron chi connectivity index (χ0n) is 12.7. The molecule has 0 fully saturated rings. The third-order valence-corrected chi connectivity index (χ3v) is 3.30. The SMILES string of the molecule is CC(C)COc1ccc(/C=C(\C#N)c2ccc(Cl)cc2)cc1. The lowest BCUT2D eigenvalue weighted by atomic mass is 10.0. The van der Waals surface area contributed by atoms with Gasteiger partial charge in [-0.15, -0.1) is 0 Å². The summed E-state index contributed by atoms with van der Waals surface area (Å²) in [7, 11) is 0. The van der Waals surface area contributed by atoms with Crippen molar-refractivity contribution in [1.82, 2.24) is 0 Å². The van der Waals surface area contributed by atoms with Crippen LogP contribution in [-0.2, 0) is 0 Å². The highest BCUT2D eigenvalue weighted by atomic mass is 35.5. The van der Waals surface area contributed by atoms with E-state index in [4.69, 9.17) is 16.3 Å². The first-order chi connectivity index (χ1) is 10.6. The van der Waals surface area contributed by atoms with Gasteiger partial charge in [0.15, 0.2) is 0 Å². The van der Waals surface area contributed by atoms with E-state index in [0.717, 1.165) is 16.9 Å². The minimum atomic E-state index is 0.495. The first-order valence-electron chi connectivity index (χ1n) is 7.19. The largest absolute Gasteiger partial charge is 0.493 e. The van der Waals surface area contributed by atoms with Crippen molar-refractivity contribution < 1.29 is 4.74 Å². The molecule has 2 aromatic carbocycles. The molecule has 0 saturated carbocycles. The van der Waals surface area contributed by atoms with E-state index in [0.29, 0.717) is 23.1 Å². The Morgan fingerprint density at radius 1 is 1.14 bits per heavy atom. The Morgan fingerprint density at radius 2 is 1.77 bits per heavy atom. The maximum absolute atomic E-state index is 9.33. The maximum Gasteiger partial charge on any atom is 0.119 e. The number of allylic oxidation sites excluding steroid dienone is 1. The van der Waals surface area contributed by atoms with Crippen LogP contribution in [0.5, 0.6) is 5.75 Å². The number of halogens is 1. The van der Waals surface area contributed by atoms with Crippen LogP contribution in [0.15, 0.2) is 48.5 Å². The second kappa shape index (κ2) is 7.68. The summed E-state index contributed by atoms with van der Waals surface area (Å²) in [5.41, 5.74) is 2.42. The molecule has 0 unspecified atom stereocenters. The normalized spacial score (nSPS) is 11.3. The Morgan fingerprint density at radius 3 is 2.32 bits per heavy atom. The molecular weight excluding hydrogens is 294 g/mol. The Bertz CT molecular complexity index is 679. The van der Waals surface area contributed by atoms with Crippen LogP contribution in [0.4, 0.5) is 0 Å². The molecular formula is C19H18ClNO. The highest BCUT2D eigenvalue weighted by Gasteiger charge is 2.02. The molecule has 0 aliphatic heterocycles. The zero-order chi connectivity index (χ0) is 15.9. The van der Waals surface area contributed by atoms with E-state index in [1.54, 1.807) is 12.1 Å². The van der Waals surface area contributed by atoms with Gasteiger partial charge in [-0.1, -0.05) is 49.7 Å². The quantitative estimate of drug-likeness (QED) is 0.544. The number of ether oxygens (including phenoxy) is 1. The maximum atomic E-state index is 9.33. The number of hydrogen-bond donors (Lipinski definition) is 0. The van der Waals surface area contributed by atoms with Crippen LogP contribution in [0.3, 0.4) is 0 Å². The van der Waals surface area contributed by atoms with E-state index >= 15 is 0 Å². The highest BCUT2D eigenvalue weighted by molar-refractivity contribution is 6.30. The predicted molar refractivity (Wildman–Crippen MR) is 91.7 cm³/mol. The van der Waals surface area contributed by atoms with Gasteiger partial charge in [0.25, 0.3) is 0 Å². The summed E-state index contributed by atoms with van der Waals surface area (Å²) in [5.74, 6) is 1.34. The van der Waals surface area contributed by atoms with Gasteiger partial charge in [-0.05, 0) is 47.4 Å². The smallest absolute Gasteiger partial charge is 0.119 e. The Hall–Kier alpha value is -2.24. The van der Waals surface area contributed by atoms with Gasteiger partial charge in [-0.3, -0.25) is 0 Å². The molecule has 0 heterocycles. The number of nitrogens with zero attached hydrogens (tertiary/aromatic N) is 1. The first-order valence-corrected chi connectivity index (χ1v) is 7.57. The monoisotopic (exact) mass is 311 g/mol. The molecule has 0 bridgehead atoms. The predicted octanol–water partition coefficient (Wildman–Crippen LogP) is 5.44. The molecule has 2 rings (SSSR count). The second-order valence-corrected chi connectivity index (χ2v) is 5.89. The molecule has 2 aromatic rings. The van der Waals surface area contributed by atoms with Crippen molar-refractivity contribution in [3.63, 3.8) is 0 Å². The van der Waals surface area contributed by atoms with Crippen molar-refractivity contribution in [3.05, 3.63) is 64.7 Å². The van der Waals surface area contributed by atoms with Gasteiger partial charge in [-0.2, -0.15) is 5.26 Å². The molecule has 22 heavy (non-hydrogen) atoms. The average molecular weight is 312 g/mol. The molecule has 0 atom stereocenters. The van der Waals surface area contributed by atoms with Crippen LogP contribution in [-0.4, -0.2) is 6.61 Å². The Kier molecular flexibility index (Phi) is 5.63. The van der Waals surface area contributed by atoms with Crippen LogP contribution < -0.4 is 4.74 Å². The van der Waals surface area contributed by atoms with Gasteiger partial charge in [-0.25, -0.2) is 0 Å². The lowest BCUT2D eigenvalue weighted by molar-refractivity contribution is 0.271. The van der Waals surface area contributed by atoms with Crippen molar-refractivity contribution in [2.24, 2.45) is 5.92 Å². The standard InChI is InChI=1S/C19H18ClNO/c1-14(2)13-22-19-9-3-15(4-10-19)11-17(12-21)16-5-7-18(20)8-6-16/h3-11,14H,13H2,1-2H3/b17-11+. The number of rotatable bonds is 5. The fourth-order valence-corrected chi connectivity index (χ4v) is 2.03. The number of benzene rings is 2. The first kappa shape index (κ1) is 16.1. The molecule has 0 spiro atoms. The minimum absolute atomic E-state index is 0.495. The van der Waals surface area contributed by atoms with Crippen molar-refractivity contribution in [2.75, 3.05) is 6.61 Å². The van der Waals surface area contributed by atoms with Crippen molar-refractivity contribution in [3.8, 4) is 11.8 Å². The number of hydrogen-bond acceptors (Lipinski definition) is 2. The van der Waals surface area contributed by atoms with E-state index < -0.39 is 0 Å². The van der Waals surface area contributed by atoms with Crippen LogP contribution in [0.25, 0.3) is 11.6 Å². The second-order valence-electron chi connectivity index (χ2n) is 5.45. The molecule has 2 nitrogen and oxygen atoms in total. The summed E-state index contributed by atoms with van der Waals surface area (Å²) >= 11 is 5.87. The third-order valence-electron chi connectivity index (χ3n) is 3.05. The third kappa shape index (κ3) is 4.65. The fraction of sp³-hybridized carbons (Fsp3) is 0.211. The molecule has 0 aromatic heterocycles. The topological polar surface area (TPSA) is 33.0 Å². The Balaban J connectivity index is 2.16. The summed E-state index contributed by atoms with van der Waals surface area (Å²) < 4.78 is 5.65. The van der Waals surface area contributed by atoms with E-state index in [-0.39, 0.29) is 0 Å². The molecule has 3 heteroatoms. The lowest BCUT2D eigenvalue weighted by Gasteiger charge is -2.08. The van der Waals surface area contributed by atoms with Crippen LogP contribution in [0.1, 0.15) is 25.0 Å². The van der Waals surface area contributed by atoms with Gasteiger partial charge in [0.05, 0.1) is 18.2 Å². The lowest BCUT2D eigenvalue weighted by Crippen LogP contribution is -2.04. The average Bonchev–Trinajstić information content (AvgIpc) is 2.52. The van der Waals surface area contributed by atoms with Crippen molar-refractivity contribution in [1.29, 1.82) is 5.26 Å². The van der Waals surface area contributed by atoms with E-state index in [1.807, 2.05) is 42.5 Å². The highest BCUT2D eigenvalue weighted by Crippen LogP contribution is 2.21.